The molecular weight excluding hydrogens is 242 g/mol. The molecule has 17 heavy (non-hydrogen) atoms. The predicted octanol–water partition coefficient (Wildman–Crippen LogP) is 1.34. The average molecular weight is 260 g/mol. The lowest BCUT2D eigenvalue weighted by molar-refractivity contribution is 0.152. The molecule has 1 rings (SSSR count). The topological polar surface area (TPSA) is 63.2 Å². The highest BCUT2D eigenvalue weighted by Gasteiger charge is 1.97. The monoisotopic (exact) mass is 259 g/mol. The normalized spacial score (nSPS) is 9.24. The number of hydrogen-bond donors (Lipinski definition) is 2. The van der Waals surface area contributed by atoms with Crippen LogP contribution in [0.25, 0.3) is 0 Å². The van der Waals surface area contributed by atoms with E-state index in [-0.39, 0.29) is 18.5 Å². The third kappa shape index (κ3) is 7.54. The van der Waals surface area contributed by atoms with E-state index in [4.69, 9.17) is 4.74 Å². The Balaban J connectivity index is 0.00000256. The Bertz CT molecular complexity index is 309. The summed E-state index contributed by atoms with van der Waals surface area (Å²) in [4.78, 5) is 15.1. The molecule has 0 unspecified atom stereocenters. The van der Waals surface area contributed by atoms with Gasteiger partial charge < -0.3 is 15.4 Å². The van der Waals surface area contributed by atoms with E-state index >= 15 is 0 Å². The second-order valence-corrected chi connectivity index (χ2v) is 3.15. The molecule has 96 valence electrons. The van der Waals surface area contributed by atoms with Crippen LogP contribution in [0.4, 0.5) is 4.79 Å². The van der Waals surface area contributed by atoms with Gasteiger partial charge in [-0.3, -0.25) is 4.98 Å². The number of amides is 1. The van der Waals surface area contributed by atoms with Gasteiger partial charge in [0, 0.05) is 25.8 Å². The second kappa shape index (κ2) is 9.86. The maximum Gasteiger partial charge on any atom is 0.407 e. The Morgan fingerprint density at radius 2 is 2.24 bits per heavy atom. The minimum Gasteiger partial charge on any atom is -0.450 e. The van der Waals surface area contributed by atoms with Crippen molar-refractivity contribution in [1.82, 2.24) is 15.6 Å². The minimum atomic E-state index is -0.373. The zero-order chi connectivity index (χ0) is 11.6. The van der Waals surface area contributed by atoms with Crippen molar-refractivity contribution < 1.29 is 9.53 Å². The summed E-state index contributed by atoms with van der Waals surface area (Å²) in [5, 5.41) is 5.79. The number of carbonyl (C=O) groups is 1. The molecule has 1 aromatic heterocycles. The minimum absolute atomic E-state index is 0. The van der Waals surface area contributed by atoms with Crippen LogP contribution in [-0.2, 0) is 11.3 Å². The molecule has 0 atom stereocenters. The van der Waals surface area contributed by atoms with Gasteiger partial charge >= 0.3 is 6.09 Å². The fourth-order valence-corrected chi connectivity index (χ4v) is 1.15. The summed E-state index contributed by atoms with van der Waals surface area (Å²) < 4.78 is 4.72. The number of ether oxygens (including phenoxy) is 1. The Morgan fingerprint density at radius 3 is 2.88 bits per heavy atom. The third-order valence-corrected chi connectivity index (χ3v) is 1.88. The van der Waals surface area contributed by atoms with Gasteiger partial charge in [-0.05, 0) is 19.1 Å². The summed E-state index contributed by atoms with van der Waals surface area (Å²) in [6, 6.07) is 5.78. The van der Waals surface area contributed by atoms with Crippen LogP contribution >= 0.6 is 12.4 Å². The molecule has 1 aromatic rings. The molecule has 0 spiro atoms. The molecule has 1 heterocycles. The lowest BCUT2D eigenvalue weighted by atomic mass is 10.3. The van der Waals surface area contributed by atoms with E-state index in [1.54, 1.807) is 13.1 Å². The predicted molar refractivity (Wildman–Crippen MR) is 68.2 cm³/mol. The fourth-order valence-electron chi connectivity index (χ4n) is 1.15. The SMILES string of the molecule is CCOC(=O)NCCNCc1ccccn1.Cl. The number of aromatic nitrogens is 1. The first-order valence-corrected chi connectivity index (χ1v) is 5.34. The molecule has 0 saturated carbocycles. The van der Waals surface area contributed by atoms with Crippen molar-refractivity contribution in [3.05, 3.63) is 30.1 Å². The largest absolute Gasteiger partial charge is 0.450 e. The highest BCUT2D eigenvalue weighted by molar-refractivity contribution is 5.85. The average Bonchev–Trinajstić information content (AvgIpc) is 2.30. The smallest absolute Gasteiger partial charge is 0.407 e. The van der Waals surface area contributed by atoms with Gasteiger partial charge in [0.2, 0.25) is 0 Å². The molecule has 0 aliphatic carbocycles. The van der Waals surface area contributed by atoms with Gasteiger partial charge in [-0.1, -0.05) is 6.07 Å². The summed E-state index contributed by atoms with van der Waals surface area (Å²) >= 11 is 0. The Morgan fingerprint density at radius 1 is 1.41 bits per heavy atom. The molecule has 0 aliphatic rings. The Hall–Kier alpha value is -1.33. The van der Waals surface area contributed by atoms with E-state index in [0.717, 1.165) is 5.69 Å². The van der Waals surface area contributed by atoms with Crippen LogP contribution in [0.5, 0.6) is 0 Å². The summed E-state index contributed by atoms with van der Waals surface area (Å²) in [5.74, 6) is 0. The summed E-state index contributed by atoms with van der Waals surface area (Å²) in [7, 11) is 0. The van der Waals surface area contributed by atoms with E-state index < -0.39 is 0 Å². The first kappa shape index (κ1) is 15.7. The van der Waals surface area contributed by atoms with Crippen LogP contribution in [0.1, 0.15) is 12.6 Å². The molecule has 6 heteroatoms. The first-order valence-electron chi connectivity index (χ1n) is 5.34. The van der Waals surface area contributed by atoms with E-state index in [1.165, 1.54) is 0 Å². The van der Waals surface area contributed by atoms with Crippen LogP contribution in [0, 0.1) is 0 Å². The number of nitrogens with zero attached hydrogens (tertiary/aromatic N) is 1. The van der Waals surface area contributed by atoms with Gasteiger partial charge in [-0.2, -0.15) is 0 Å². The highest BCUT2D eigenvalue weighted by Crippen LogP contribution is 1.90. The Kier molecular flexibility index (Phi) is 9.09. The van der Waals surface area contributed by atoms with Gasteiger partial charge in [0.15, 0.2) is 0 Å². The van der Waals surface area contributed by atoms with Crippen LogP contribution in [0.2, 0.25) is 0 Å². The number of hydrogen-bond acceptors (Lipinski definition) is 4. The zero-order valence-electron chi connectivity index (χ0n) is 9.81. The summed E-state index contributed by atoms with van der Waals surface area (Å²) in [5.41, 5.74) is 0.985. The van der Waals surface area contributed by atoms with Crippen LogP contribution < -0.4 is 10.6 Å². The van der Waals surface area contributed by atoms with E-state index in [1.807, 2.05) is 18.2 Å². The molecule has 1 amide bonds. The van der Waals surface area contributed by atoms with E-state index in [0.29, 0.717) is 26.2 Å². The van der Waals surface area contributed by atoms with Gasteiger partial charge in [0.05, 0.1) is 12.3 Å². The number of pyridine rings is 1. The molecule has 0 saturated heterocycles. The van der Waals surface area contributed by atoms with Crippen molar-refractivity contribution in [1.29, 1.82) is 0 Å². The Labute approximate surface area is 107 Å². The standard InChI is InChI=1S/C11H17N3O2.ClH/c1-2-16-11(15)14-8-7-12-9-10-5-3-4-6-13-10;/h3-6,12H,2,7-9H2,1H3,(H,14,15);1H. The van der Waals surface area contributed by atoms with E-state index in [2.05, 4.69) is 15.6 Å². The van der Waals surface area contributed by atoms with Crippen LogP contribution in [0.15, 0.2) is 24.4 Å². The van der Waals surface area contributed by atoms with Crippen molar-refractivity contribution in [2.75, 3.05) is 19.7 Å². The second-order valence-electron chi connectivity index (χ2n) is 3.15. The number of carbonyl (C=O) groups excluding carboxylic acids is 1. The zero-order valence-corrected chi connectivity index (χ0v) is 10.6. The van der Waals surface area contributed by atoms with Crippen molar-refractivity contribution in [2.45, 2.75) is 13.5 Å². The number of alkyl carbamates (subject to hydrolysis) is 1. The summed E-state index contributed by atoms with van der Waals surface area (Å²) in [6.07, 6.45) is 1.38. The van der Waals surface area contributed by atoms with Gasteiger partial charge in [-0.25, -0.2) is 4.79 Å². The third-order valence-electron chi connectivity index (χ3n) is 1.88. The lowest BCUT2D eigenvalue weighted by Crippen LogP contribution is -2.32. The maximum atomic E-state index is 10.9. The number of nitrogens with one attached hydrogen (secondary N) is 2. The molecule has 2 N–H and O–H groups in total. The molecule has 0 aliphatic heterocycles. The highest BCUT2D eigenvalue weighted by atomic mass is 35.5. The van der Waals surface area contributed by atoms with Crippen LogP contribution in [-0.4, -0.2) is 30.8 Å². The fraction of sp³-hybridized carbons (Fsp3) is 0.455. The number of halogens is 1. The van der Waals surface area contributed by atoms with Crippen molar-refractivity contribution in [2.24, 2.45) is 0 Å². The lowest BCUT2D eigenvalue weighted by Gasteiger charge is -2.06. The van der Waals surface area contributed by atoms with Crippen LogP contribution in [0.3, 0.4) is 0 Å². The maximum absolute atomic E-state index is 10.9. The van der Waals surface area contributed by atoms with Gasteiger partial charge in [0.1, 0.15) is 0 Å². The molecular formula is C11H18ClN3O2. The van der Waals surface area contributed by atoms with Crippen molar-refractivity contribution in [3.63, 3.8) is 0 Å². The van der Waals surface area contributed by atoms with E-state index in [9.17, 15) is 4.79 Å². The van der Waals surface area contributed by atoms with Crippen molar-refractivity contribution >= 4 is 18.5 Å². The molecule has 0 aromatic carbocycles. The molecule has 0 radical (unpaired) electrons. The molecule has 5 nitrogen and oxygen atoms in total. The molecule has 0 fully saturated rings. The van der Waals surface area contributed by atoms with Gasteiger partial charge in [-0.15, -0.1) is 12.4 Å². The molecule has 0 bridgehead atoms. The number of rotatable bonds is 6. The quantitative estimate of drug-likeness (QED) is 0.757. The first-order chi connectivity index (χ1) is 7.83. The van der Waals surface area contributed by atoms with Gasteiger partial charge in [0.25, 0.3) is 0 Å². The van der Waals surface area contributed by atoms with Crippen molar-refractivity contribution in [3.8, 4) is 0 Å². The summed E-state index contributed by atoms with van der Waals surface area (Å²) in [6.45, 7) is 4.11.